The van der Waals surface area contributed by atoms with Gasteiger partial charge in [0.05, 0.1) is 13.2 Å². The van der Waals surface area contributed by atoms with E-state index in [2.05, 4.69) is 20.9 Å². The van der Waals surface area contributed by atoms with Crippen molar-refractivity contribution in [3.8, 4) is 0 Å². The molecule has 8 heteroatoms. The molecule has 1 aliphatic rings. The number of carbonyl (C=O) groups is 1. The Bertz CT molecular complexity index is 616. The number of guanidine groups is 1. The zero-order valence-corrected chi connectivity index (χ0v) is 19.1. The van der Waals surface area contributed by atoms with Gasteiger partial charge in [0, 0.05) is 43.8 Å². The lowest BCUT2D eigenvalue weighted by Crippen LogP contribution is -2.44. The first-order chi connectivity index (χ1) is 13.1. The number of nitrogens with zero attached hydrogens (tertiary/aromatic N) is 1. The number of aliphatic hydroxyl groups excluding tert-OH is 1. The third-order valence-electron chi connectivity index (χ3n) is 4.78. The molecular weight excluding hydrogens is 471 g/mol. The molecule has 158 valence electrons. The third kappa shape index (κ3) is 7.56. The second-order valence-corrected chi connectivity index (χ2v) is 6.88. The normalized spacial score (nSPS) is 19.0. The Morgan fingerprint density at radius 2 is 1.89 bits per heavy atom. The summed E-state index contributed by atoms with van der Waals surface area (Å²) < 4.78 is 5.54. The van der Waals surface area contributed by atoms with Crippen LogP contribution in [-0.4, -0.2) is 56.4 Å². The van der Waals surface area contributed by atoms with Crippen molar-refractivity contribution in [2.24, 2.45) is 10.4 Å². The summed E-state index contributed by atoms with van der Waals surface area (Å²) >= 11 is 0. The molecule has 7 nitrogen and oxygen atoms in total. The van der Waals surface area contributed by atoms with Crippen LogP contribution < -0.4 is 16.0 Å². The SMILES string of the molecule is CCNC(=O)c1ccc(CN=C(NCC)NCC2(CCO)CCOC2)cc1.I. The van der Waals surface area contributed by atoms with E-state index < -0.39 is 0 Å². The fourth-order valence-electron chi connectivity index (χ4n) is 3.12. The number of benzene rings is 1. The summed E-state index contributed by atoms with van der Waals surface area (Å²) in [6, 6.07) is 7.50. The van der Waals surface area contributed by atoms with Gasteiger partial charge in [-0.05, 0) is 44.4 Å². The topological polar surface area (TPSA) is 95.0 Å². The molecule has 2 rings (SSSR count). The standard InChI is InChI=1S/C20H32N4O3.HI/c1-3-21-18(26)17-7-5-16(6-8-17)13-23-19(22-4-2)24-14-20(9-11-25)10-12-27-15-20;/h5-8,25H,3-4,9-15H2,1-2H3,(H,21,26)(H2,22,23,24);1H. The highest BCUT2D eigenvalue weighted by Gasteiger charge is 2.34. The molecule has 0 spiro atoms. The zero-order valence-electron chi connectivity index (χ0n) is 16.8. The van der Waals surface area contributed by atoms with E-state index in [0.717, 1.165) is 44.1 Å². The van der Waals surface area contributed by atoms with Gasteiger partial charge in [0.1, 0.15) is 0 Å². The van der Waals surface area contributed by atoms with Crippen molar-refractivity contribution in [3.05, 3.63) is 35.4 Å². The summed E-state index contributed by atoms with van der Waals surface area (Å²) in [7, 11) is 0. The van der Waals surface area contributed by atoms with Crippen LogP contribution in [-0.2, 0) is 11.3 Å². The smallest absolute Gasteiger partial charge is 0.251 e. The minimum atomic E-state index is -0.0597. The summed E-state index contributed by atoms with van der Waals surface area (Å²) in [5.41, 5.74) is 1.66. The largest absolute Gasteiger partial charge is 0.396 e. The van der Waals surface area contributed by atoms with E-state index in [1.165, 1.54) is 0 Å². The van der Waals surface area contributed by atoms with E-state index in [1.54, 1.807) is 0 Å². The molecule has 1 aromatic rings. The molecule has 1 saturated heterocycles. The van der Waals surface area contributed by atoms with Crippen LogP contribution >= 0.6 is 24.0 Å². The van der Waals surface area contributed by atoms with Crippen LogP contribution in [0.2, 0.25) is 0 Å². The molecule has 1 atom stereocenters. The van der Waals surface area contributed by atoms with Gasteiger partial charge in [0.2, 0.25) is 0 Å². The third-order valence-corrected chi connectivity index (χ3v) is 4.78. The second kappa shape index (κ2) is 12.9. The highest BCUT2D eigenvalue weighted by atomic mass is 127. The molecule has 1 fully saturated rings. The van der Waals surface area contributed by atoms with Crippen molar-refractivity contribution >= 4 is 35.8 Å². The summed E-state index contributed by atoms with van der Waals surface area (Å²) in [6.45, 7) is 8.13. The van der Waals surface area contributed by atoms with Crippen LogP contribution in [0.1, 0.15) is 42.6 Å². The van der Waals surface area contributed by atoms with Gasteiger partial charge in [-0.2, -0.15) is 0 Å². The number of ether oxygens (including phenoxy) is 1. The molecule has 0 bridgehead atoms. The number of rotatable bonds is 9. The molecule has 0 aliphatic carbocycles. The van der Waals surface area contributed by atoms with Gasteiger partial charge >= 0.3 is 0 Å². The molecule has 1 aromatic carbocycles. The number of hydrogen-bond acceptors (Lipinski definition) is 4. The molecule has 4 N–H and O–H groups in total. The molecule has 0 saturated carbocycles. The van der Waals surface area contributed by atoms with E-state index >= 15 is 0 Å². The van der Waals surface area contributed by atoms with Gasteiger partial charge in [0.25, 0.3) is 5.91 Å². The maximum Gasteiger partial charge on any atom is 0.251 e. The van der Waals surface area contributed by atoms with Gasteiger partial charge in [-0.15, -0.1) is 24.0 Å². The van der Waals surface area contributed by atoms with Crippen molar-refractivity contribution < 1.29 is 14.6 Å². The summed E-state index contributed by atoms with van der Waals surface area (Å²) in [5, 5.41) is 18.8. The number of aliphatic hydroxyl groups is 1. The van der Waals surface area contributed by atoms with E-state index in [1.807, 2.05) is 38.1 Å². The van der Waals surface area contributed by atoms with Gasteiger partial charge in [-0.25, -0.2) is 4.99 Å². The molecule has 1 unspecified atom stereocenters. The lowest BCUT2D eigenvalue weighted by Gasteiger charge is -2.27. The average Bonchev–Trinajstić information content (AvgIpc) is 3.14. The predicted molar refractivity (Wildman–Crippen MR) is 122 cm³/mol. The molecule has 0 aromatic heterocycles. The van der Waals surface area contributed by atoms with Crippen LogP contribution in [0, 0.1) is 5.41 Å². The lowest BCUT2D eigenvalue weighted by molar-refractivity contribution is 0.0956. The minimum Gasteiger partial charge on any atom is -0.396 e. The number of aliphatic imine (C=N–C) groups is 1. The van der Waals surface area contributed by atoms with Crippen LogP contribution in [0.25, 0.3) is 0 Å². The molecule has 1 heterocycles. The molecular formula is C20H33IN4O3. The van der Waals surface area contributed by atoms with Crippen LogP contribution in [0.15, 0.2) is 29.3 Å². The first kappa shape index (κ1) is 24.6. The van der Waals surface area contributed by atoms with Crippen molar-refractivity contribution in [3.63, 3.8) is 0 Å². The zero-order chi connectivity index (χ0) is 19.5. The predicted octanol–water partition coefficient (Wildman–Crippen LogP) is 1.90. The summed E-state index contributed by atoms with van der Waals surface area (Å²) in [4.78, 5) is 16.5. The molecule has 1 amide bonds. The Balaban J connectivity index is 0.00000392. The fourth-order valence-corrected chi connectivity index (χ4v) is 3.12. The maximum atomic E-state index is 11.8. The number of halogens is 1. The van der Waals surface area contributed by atoms with Gasteiger partial charge in [0.15, 0.2) is 5.96 Å². The number of amides is 1. The van der Waals surface area contributed by atoms with E-state index in [9.17, 15) is 9.90 Å². The van der Waals surface area contributed by atoms with Crippen LogP contribution in [0.5, 0.6) is 0 Å². The quantitative estimate of drug-likeness (QED) is 0.234. The Morgan fingerprint density at radius 3 is 2.46 bits per heavy atom. The van der Waals surface area contributed by atoms with Gasteiger partial charge in [-0.1, -0.05) is 12.1 Å². The first-order valence-electron chi connectivity index (χ1n) is 9.70. The number of nitrogens with one attached hydrogen (secondary N) is 3. The summed E-state index contributed by atoms with van der Waals surface area (Å²) in [5.74, 6) is 0.685. The lowest BCUT2D eigenvalue weighted by atomic mass is 9.84. The maximum absolute atomic E-state index is 11.8. The van der Waals surface area contributed by atoms with Gasteiger partial charge in [-0.3, -0.25) is 4.79 Å². The van der Waals surface area contributed by atoms with E-state index in [4.69, 9.17) is 4.74 Å². The number of carbonyl (C=O) groups excluding carboxylic acids is 1. The molecule has 28 heavy (non-hydrogen) atoms. The molecule has 0 radical (unpaired) electrons. The van der Waals surface area contributed by atoms with Gasteiger partial charge < -0.3 is 25.8 Å². The fraction of sp³-hybridized carbons (Fsp3) is 0.600. The van der Waals surface area contributed by atoms with Crippen molar-refractivity contribution in [1.82, 2.24) is 16.0 Å². The monoisotopic (exact) mass is 504 g/mol. The van der Waals surface area contributed by atoms with Crippen LogP contribution in [0.3, 0.4) is 0 Å². The van der Waals surface area contributed by atoms with Crippen molar-refractivity contribution in [2.75, 3.05) is 39.5 Å². The second-order valence-electron chi connectivity index (χ2n) is 6.88. The highest BCUT2D eigenvalue weighted by molar-refractivity contribution is 14.0. The first-order valence-corrected chi connectivity index (χ1v) is 9.70. The Morgan fingerprint density at radius 1 is 1.18 bits per heavy atom. The summed E-state index contributed by atoms with van der Waals surface area (Å²) in [6.07, 6.45) is 1.67. The van der Waals surface area contributed by atoms with Crippen molar-refractivity contribution in [1.29, 1.82) is 0 Å². The van der Waals surface area contributed by atoms with Crippen LogP contribution in [0.4, 0.5) is 0 Å². The highest BCUT2D eigenvalue weighted by Crippen LogP contribution is 2.31. The average molecular weight is 504 g/mol. The molecule has 1 aliphatic heterocycles. The minimum absolute atomic E-state index is 0. The number of hydrogen-bond donors (Lipinski definition) is 4. The Labute approximate surface area is 184 Å². The Kier molecular flexibility index (Phi) is 11.4. The Hall–Kier alpha value is -1.39. The van der Waals surface area contributed by atoms with E-state index in [-0.39, 0.29) is 41.9 Å². The van der Waals surface area contributed by atoms with E-state index in [0.29, 0.717) is 25.3 Å². The van der Waals surface area contributed by atoms with Crippen molar-refractivity contribution in [2.45, 2.75) is 33.2 Å².